The molecule has 0 radical (unpaired) electrons. The Hall–Kier alpha value is -0.763. The van der Waals surface area contributed by atoms with Gasteiger partial charge in [0.05, 0.1) is 18.6 Å². The first-order valence-electron chi connectivity index (χ1n) is 12.5. The van der Waals surface area contributed by atoms with Crippen LogP contribution in [0.3, 0.4) is 0 Å². The van der Waals surface area contributed by atoms with Gasteiger partial charge in [-0.1, -0.05) is 20.8 Å². The van der Waals surface area contributed by atoms with Crippen LogP contribution in [0.15, 0.2) is 0 Å². The average Bonchev–Trinajstić information content (AvgIpc) is 3.22. The second-order valence-electron chi connectivity index (χ2n) is 12.0. The molecule has 1 saturated heterocycles. The predicted octanol–water partition coefficient (Wildman–Crippen LogP) is 4.57. The quantitative estimate of drug-likeness (QED) is 0.404. The van der Waals surface area contributed by atoms with Crippen molar-refractivity contribution in [3.63, 3.8) is 0 Å². The maximum Gasteiger partial charge on any atom is 0.312 e. The zero-order chi connectivity index (χ0) is 23.5. The van der Waals surface area contributed by atoms with Gasteiger partial charge in [0.2, 0.25) is 0 Å². The second kappa shape index (κ2) is 8.17. The normalized spacial score (nSPS) is 41.0. The molecule has 4 bridgehead atoms. The number of carbonyl (C=O) groups is 2. The smallest absolute Gasteiger partial charge is 0.312 e. The molecule has 4 aliphatic carbocycles. The molecule has 5 rings (SSSR count). The van der Waals surface area contributed by atoms with Gasteiger partial charge in [0, 0.05) is 42.8 Å². The fraction of sp³-hybridized carbons (Fsp3) is 0.920. The number of esters is 1. The Balaban J connectivity index is 1.71. The summed E-state index contributed by atoms with van der Waals surface area (Å²) in [5.41, 5.74) is -0.969. The third-order valence-corrected chi connectivity index (χ3v) is 14.0. The van der Waals surface area contributed by atoms with Gasteiger partial charge in [-0.2, -0.15) is 0 Å². The summed E-state index contributed by atoms with van der Waals surface area (Å²) >= 11 is 0. The van der Waals surface area contributed by atoms with E-state index < -0.39 is 13.7 Å². The molecule has 5 fully saturated rings. The van der Waals surface area contributed by atoms with Crippen molar-refractivity contribution in [1.82, 2.24) is 0 Å². The summed E-state index contributed by atoms with van der Waals surface area (Å²) in [4.78, 5) is 27.5. The topological polar surface area (TPSA) is 71.1 Å². The van der Waals surface area contributed by atoms with Gasteiger partial charge in [-0.25, -0.2) is 0 Å². The minimum Gasteiger partial charge on any atom is -0.466 e. The Bertz CT molecular complexity index is 760. The molecule has 1 unspecified atom stereocenters. The Morgan fingerprint density at radius 3 is 2.53 bits per heavy atom. The number of fused-ring (bicyclic) bond motifs is 1. The van der Waals surface area contributed by atoms with Crippen molar-refractivity contribution in [1.29, 1.82) is 0 Å². The summed E-state index contributed by atoms with van der Waals surface area (Å²) in [6.07, 6.45) is 2.84. The number of ether oxygens (including phenoxy) is 3. The molecule has 0 N–H and O–H groups in total. The first-order valence-corrected chi connectivity index (χ1v) is 15.4. The molecule has 0 aromatic carbocycles. The number of ketones is 1. The van der Waals surface area contributed by atoms with Gasteiger partial charge in [-0.3, -0.25) is 9.59 Å². The van der Waals surface area contributed by atoms with E-state index in [2.05, 4.69) is 33.9 Å². The third-order valence-electron chi connectivity index (χ3n) is 9.54. The van der Waals surface area contributed by atoms with Gasteiger partial charge in [0.15, 0.2) is 14.6 Å². The number of carbonyl (C=O) groups excluding carboxylic acids is 2. The van der Waals surface area contributed by atoms with Crippen molar-refractivity contribution in [3.8, 4) is 0 Å². The Morgan fingerprint density at radius 1 is 1.19 bits per heavy atom. The lowest BCUT2D eigenvalue weighted by Gasteiger charge is -2.53. The first kappa shape index (κ1) is 24.4. The third kappa shape index (κ3) is 3.45. The standard InChI is InChI=1S/C25H42O6Si/c1-8-28-19-12-24(15-30-19)14-25(22(27)29-9-2)17-11-10-16(21(26)20(17)24)18(25)13-31-32(6,7)23(3,4)5/h16-20H,8-15H2,1-7H3/t16-,17-,18-,19?,20-,24+,25-/m0/s1. The van der Waals surface area contributed by atoms with Crippen LogP contribution in [0.25, 0.3) is 0 Å². The van der Waals surface area contributed by atoms with Crippen molar-refractivity contribution < 1.29 is 28.2 Å². The van der Waals surface area contributed by atoms with E-state index in [4.69, 9.17) is 18.6 Å². The molecule has 1 heterocycles. The molecular weight excluding hydrogens is 424 g/mol. The molecule has 7 atom stereocenters. The summed E-state index contributed by atoms with van der Waals surface area (Å²) in [5, 5.41) is 0.0746. The first-order chi connectivity index (χ1) is 14.9. The van der Waals surface area contributed by atoms with Crippen LogP contribution in [0.5, 0.6) is 0 Å². The van der Waals surface area contributed by atoms with Gasteiger partial charge in [0.1, 0.15) is 5.78 Å². The van der Waals surface area contributed by atoms with Crippen molar-refractivity contribution in [2.45, 2.75) is 84.7 Å². The Kier molecular flexibility index (Phi) is 6.22. The molecule has 5 aliphatic rings. The SMILES string of the molecule is CCOC(=O)[C@@]12C[C@]3(COC(OCC)C3)[C@@H]3C(=O)[C@@H](CC[C@@H]31)[C@@H]2CO[Si](C)(C)C(C)(C)C. The number of hydrogen-bond donors (Lipinski definition) is 0. The average molecular weight is 467 g/mol. The van der Waals surface area contributed by atoms with Crippen molar-refractivity contribution >= 4 is 20.1 Å². The maximum atomic E-state index is 13.8. The zero-order valence-corrected chi connectivity index (χ0v) is 22.0. The monoisotopic (exact) mass is 466 g/mol. The van der Waals surface area contributed by atoms with E-state index in [0.29, 0.717) is 45.1 Å². The van der Waals surface area contributed by atoms with Crippen molar-refractivity contribution in [2.24, 2.45) is 34.5 Å². The summed E-state index contributed by atoms with van der Waals surface area (Å²) in [6, 6.07) is 0. The van der Waals surface area contributed by atoms with E-state index in [1.807, 2.05) is 13.8 Å². The highest BCUT2D eigenvalue weighted by Crippen LogP contribution is 2.73. The maximum absolute atomic E-state index is 13.8. The lowest BCUT2D eigenvalue weighted by atomic mass is 9.50. The number of hydrogen-bond acceptors (Lipinski definition) is 6. The molecule has 6 nitrogen and oxygen atoms in total. The molecule has 1 aliphatic heterocycles. The molecular formula is C25H42O6Si. The molecule has 182 valence electrons. The van der Waals surface area contributed by atoms with Crippen LogP contribution < -0.4 is 0 Å². The van der Waals surface area contributed by atoms with Crippen LogP contribution in [0.2, 0.25) is 18.1 Å². The highest BCUT2D eigenvalue weighted by Gasteiger charge is 2.76. The molecule has 0 amide bonds. The van der Waals surface area contributed by atoms with E-state index in [-0.39, 0.29) is 46.4 Å². The molecule has 7 heteroatoms. The molecule has 32 heavy (non-hydrogen) atoms. The highest BCUT2D eigenvalue weighted by atomic mass is 28.4. The van der Waals surface area contributed by atoms with E-state index >= 15 is 0 Å². The zero-order valence-electron chi connectivity index (χ0n) is 21.0. The summed E-state index contributed by atoms with van der Waals surface area (Å²) < 4.78 is 24.2. The van der Waals surface area contributed by atoms with Crippen molar-refractivity contribution in [3.05, 3.63) is 0 Å². The van der Waals surface area contributed by atoms with E-state index in [0.717, 1.165) is 12.8 Å². The Morgan fingerprint density at radius 2 is 1.91 bits per heavy atom. The van der Waals surface area contributed by atoms with Gasteiger partial charge in [-0.05, 0) is 57.2 Å². The minimum atomic E-state index is -2.02. The number of Topliss-reactive ketones (excluding diaryl/α,β-unsaturated/α-hetero) is 1. The van der Waals surface area contributed by atoms with E-state index in [1.54, 1.807) is 0 Å². The largest absolute Gasteiger partial charge is 0.466 e. The highest BCUT2D eigenvalue weighted by molar-refractivity contribution is 6.74. The predicted molar refractivity (Wildman–Crippen MR) is 123 cm³/mol. The number of rotatable bonds is 7. The minimum absolute atomic E-state index is 0.0241. The fourth-order valence-corrected chi connectivity index (χ4v) is 8.16. The second-order valence-corrected chi connectivity index (χ2v) is 16.9. The lowest BCUT2D eigenvalue weighted by molar-refractivity contribution is -0.179. The van der Waals surface area contributed by atoms with Gasteiger partial charge in [0.25, 0.3) is 0 Å². The van der Waals surface area contributed by atoms with Crippen LogP contribution in [-0.2, 0) is 28.2 Å². The fourth-order valence-electron chi connectivity index (χ4n) is 7.13. The molecule has 0 aromatic rings. The Labute approximate surface area is 194 Å². The molecule has 0 aromatic heterocycles. The van der Waals surface area contributed by atoms with Crippen LogP contribution >= 0.6 is 0 Å². The lowest BCUT2D eigenvalue weighted by Crippen LogP contribution is -2.60. The van der Waals surface area contributed by atoms with Crippen LogP contribution in [0, 0.1) is 34.5 Å². The van der Waals surface area contributed by atoms with Gasteiger partial charge >= 0.3 is 5.97 Å². The van der Waals surface area contributed by atoms with E-state index in [1.165, 1.54) is 0 Å². The van der Waals surface area contributed by atoms with Gasteiger partial charge < -0.3 is 18.6 Å². The van der Waals surface area contributed by atoms with Crippen LogP contribution in [0.1, 0.15) is 60.3 Å². The molecule has 1 spiro atoms. The van der Waals surface area contributed by atoms with Crippen LogP contribution in [-0.4, -0.2) is 52.8 Å². The summed E-state index contributed by atoms with van der Waals surface area (Å²) in [7, 11) is -2.02. The van der Waals surface area contributed by atoms with Crippen molar-refractivity contribution in [2.75, 3.05) is 26.4 Å². The van der Waals surface area contributed by atoms with Crippen LogP contribution in [0.4, 0.5) is 0 Å². The molecule has 4 saturated carbocycles. The summed E-state index contributed by atoms with van der Waals surface area (Å²) in [5.74, 6) is -0.110. The summed E-state index contributed by atoms with van der Waals surface area (Å²) in [6.45, 7) is 16.9. The van der Waals surface area contributed by atoms with Gasteiger partial charge in [-0.15, -0.1) is 0 Å². The van der Waals surface area contributed by atoms with E-state index in [9.17, 15) is 9.59 Å².